The van der Waals surface area contributed by atoms with Crippen LogP contribution in [-0.2, 0) is 4.79 Å². The van der Waals surface area contributed by atoms with E-state index in [2.05, 4.69) is 30.7 Å². The van der Waals surface area contributed by atoms with Crippen LogP contribution < -0.4 is 15.6 Å². The number of anilines is 2. The molecule has 0 aliphatic carbocycles. The van der Waals surface area contributed by atoms with E-state index >= 15 is 0 Å². The molecule has 30 heavy (non-hydrogen) atoms. The Labute approximate surface area is 174 Å². The molecule has 0 spiro atoms. The van der Waals surface area contributed by atoms with Gasteiger partial charge in [-0.25, -0.2) is 9.78 Å². The van der Waals surface area contributed by atoms with Crippen LogP contribution >= 0.6 is 0 Å². The van der Waals surface area contributed by atoms with Crippen LogP contribution in [0.4, 0.5) is 16.4 Å². The van der Waals surface area contributed by atoms with Gasteiger partial charge in [-0.05, 0) is 44.0 Å². The average Bonchev–Trinajstić information content (AvgIpc) is 3.14. The van der Waals surface area contributed by atoms with Gasteiger partial charge in [-0.1, -0.05) is 13.0 Å². The largest absolute Gasteiger partial charge is 0.338 e. The summed E-state index contributed by atoms with van der Waals surface area (Å²) in [5, 5.41) is 11.0. The highest BCUT2D eigenvalue weighted by Gasteiger charge is 2.21. The van der Waals surface area contributed by atoms with Crippen molar-refractivity contribution >= 4 is 40.8 Å². The molecule has 0 aliphatic heterocycles. The van der Waals surface area contributed by atoms with Crippen molar-refractivity contribution in [2.75, 3.05) is 16.9 Å². The number of benzene rings is 1. The zero-order valence-corrected chi connectivity index (χ0v) is 17.3. The first kappa shape index (κ1) is 21.0. The van der Waals surface area contributed by atoms with Crippen LogP contribution in [0.15, 0.2) is 41.8 Å². The smallest absolute Gasteiger partial charge is 0.321 e. The van der Waals surface area contributed by atoms with Gasteiger partial charge in [0.15, 0.2) is 0 Å². The topological polar surface area (TPSA) is 115 Å². The third-order valence-corrected chi connectivity index (χ3v) is 4.30. The summed E-state index contributed by atoms with van der Waals surface area (Å²) in [5.41, 5.74) is 3.47. The number of nitrogens with one attached hydrogen (secondary N) is 3. The number of hydrogen-bond acceptors (Lipinski definition) is 5. The fourth-order valence-corrected chi connectivity index (χ4v) is 3.03. The van der Waals surface area contributed by atoms with Gasteiger partial charge in [0, 0.05) is 37.1 Å². The molecule has 3 N–H and O–H groups in total. The number of aromatic amines is 1. The van der Waals surface area contributed by atoms with E-state index in [1.807, 2.05) is 38.1 Å². The molecule has 2 aromatic heterocycles. The molecule has 2 heterocycles. The number of nitrogens with zero attached hydrogens (tertiary/aromatic N) is 4. The molecule has 0 radical (unpaired) electrons. The zero-order valence-electron chi connectivity index (χ0n) is 17.3. The highest BCUT2D eigenvalue weighted by atomic mass is 16.2. The van der Waals surface area contributed by atoms with E-state index in [0.29, 0.717) is 36.1 Å². The second kappa shape index (κ2) is 9.64. The van der Waals surface area contributed by atoms with Gasteiger partial charge >= 0.3 is 6.03 Å². The average molecular weight is 407 g/mol. The summed E-state index contributed by atoms with van der Waals surface area (Å²) in [7, 11) is 0. The Morgan fingerprint density at radius 1 is 1.27 bits per heavy atom. The first-order chi connectivity index (χ1) is 14.6. The number of amides is 3. The molecule has 156 valence electrons. The van der Waals surface area contributed by atoms with Gasteiger partial charge in [-0.2, -0.15) is 10.1 Å². The molecule has 3 aromatic rings. The van der Waals surface area contributed by atoms with E-state index in [1.165, 1.54) is 5.01 Å². The third kappa shape index (κ3) is 4.62. The Hall–Kier alpha value is -3.75. The molecule has 0 saturated carbocycles. The van der Waals surface area contributed by atoms with Crippen molar-refractivity contribution in [2.24, 2.45) is 5.10 Å². The Balaban J connectivity index is 2.16. The summed E-state index contributed by atoms with van der Waals surface area (Å²) in [6, 6.07) is 7.16. The van der Waals surface area contributed by atoms with Crippen LogP contribution in [0, 0.1) is 0 Å². The van der Waals surface area contributed by atoms with Crippen molar-refractivity contribution in [3.63, 3.8) is 0 Å². The van der Waals surface area contributed by atoms with Crippen molar-refractivity contribution in [3.8, 4) is 11.1 Å². The number of hydrogen-bond donors (Lipinski definition) is 3. The van der Waals surface area contributed by atoms with Gasteiger partial charge in [-0.15, -0.1) is 0 Å². The summed E-state index contributed by atoms with van der Waals surface area (Å²) < 4.78 is 0. The summed E-state index contributed by atoms with van der Waals surface area (Å²) in [5.74, 6) is 0.150. The number of imidazole rings is 1. The van der Waals surface area contributed by atoms with Crippen LogP contribution in [-0.4, -0.2) is 39.6 Å². The minimum Gasteiger partial charge on any atom is -0.338 e. The molecule has 3 rings (SSSR count). The lowest BCUT2D eigenvalue weighted by molar-refractivity contribution is -0.118. The van der Waals surface area contributed by atoms with Crippen LogP contribution in [0.2, 0.25) is 0 Å². The molecular weight excluding hydrogens is 382 g/mol. The summed E-state index contributed by atoms with van der Waals surface area (Å²) in [6.45, 7) is 6.02. The van der Waals surface area contributed by atoms with Gasteiger partial charge < -0.3 is 10.3 Å². The maximum absolute atomic E-state index is 12.8. The molecule has 9 nitrogen and oxygen atoms in total. The van der Waals surface area contributed by atoms with Crippen LogP contribution in [0.25, 0.3) is 22.2 Å². The molecule has 1 aromatic carbocycles. The summed E-state index contributed by atoms with van der Waals surface area (Å²) >= 11 is 0. The number of rotatable bonds is 7. The van der Waals surface area contributed by atoms with Crippen molar-refractivity contribution in [3.05, 3.63) is 36.7 Å². The number of fused-ring (bicyclic) bond motifs is 1. The van der Waals surface area contributed by atoms with Crippen molar-refractivity contribution in [1.29, 1.82) is 0 Å². The molecule has 0 aliphatic rings. The van der Waals surface area contributed by atoms with E-state index in [0.717, 1.165) is 11.1 Å². The Kier molecular flexibility index (Phi) is 6.74. The van der Waals surface area contributed by atoms with Crippen LogP contribution in [0.3, 0.4) is 0 Å². The fraction of sp³-hybridized carbons (Fsp3) is 0.286. The molecule has 0 unspecified atom stereocenters. The monoisotopic (exact) mass is 407 g/mol. The Morgan fingerprint density at radius 2 is 2.10 bits per heavy atom. The summed E-state index contributed by atoms with van der Waals surface area (Å²) in [4.78, 5) is 36.5. The molecule has 0 bridgehead atoms. The lowest BCUT2D eigenvalue weighted by Crippen LogP contribution is -2.28. The van der Waals surface area contributed by atoms with Gasteiger partial charge in [0.25, 0.3) is 0 Å². The van der Waals surface area contributed by atoms with Gasteiger partial charge in [0.05, 0.1) is 16.7 Å². The zero-order chi connectivity index (χ0) is 21.5. The highest BCUT2D eigenvalue weighted by Crippen LogP contribution is 2.33. The van der Waals surface area contributed by atoms with Crippen molar-refractivity contribution in [2.45, 2.75) is 33.6 Å². The molecule has 9 heteroatoms. The van der Waals surface area contributed by atoms with Crippen molar-refractivity contribution in [1.82, 2.24) is 20.3 Å². The molecule has 3 amide bonds. The van der Waals surface area contributed by atoms with E-state index in [-0.39, 0.29) is 17.9 Å². The minimum atomic E-state index is -0.365. The maximum Gasteiger partial charge on any atom is 0.321 e. The van der Waals surface area contributed by atoms with Gasteiger partial charge in [0.2, 0.25) is 11.9 Å². The second-order valence-electron chi connectivity index (χ2n) is 6.53. The summed E-state index contributed by atoms with van der Waals surface area (Å²) in [6.07, 6.45) is 6.07. The first-order valence-electron chi connectivity index (χ1n) is 9.87. The number of pyridine rings is 1. The van der Waals surface area contributed by atoms with E-state index in [1.54, 1.807) is 25.5 Å². The predicted octanol–water partition coefficient (Wildman–Crippen LogP) is 3.91. The second-order valence-corrected chi connectivity index (χ2v) is 6.53. The van der Waals surface area contributed by atoms with Crippen LogP contribution in [0.5, 0.6) is 0 Å². The predicted molar refractivity (Wildman–Crippen MR) is 119 cm³/mol. The quantitative estimate of drug-likeness (QED) is 0.407. The van der Waals surface area contributed by atoms with Crippen LogP contribution in [0.1, 0.15) is 33.6 Å². The molecule has 0 atom stereocenters. The van der Waals surface area contributed by atoms with Crippen molar-refractivity contribution < 1.29 is 9.59 Å². The number of carbonyl (C=O) groups is 2. The number of urea groups is 1. The lowest BCUT2D eigenvalue weighted by Gasteiger charge is -2.18. The Bertz CT molecular complexity index is 1060. The highest BCUT2D eigenvalue weighted by molar-refractivity contribution is 6.04. The first-order valence-corrected chi connectivity index (χ1v) is 9.87. The standard InChI is InChI=1S/C21H25N7O2/c1-4-8-18(29)28(24-6-3)17-12-15(14-9-7-10-22-13-14)11-16-19(17)26-20(25-16)27-21(30)23-5-2/h6-7,9-13H,4-5,8H2,1-3H3,(H3,23,25,26,27,30)/b24-6-. The SMILES string of the molecule is C/C=N\N(C(=O)CCC)c1cc(-c2cccnc2)cc2nc(NC(=O)NCC)[nH]c12. The number of aromatic nitrogens is 3. The fourth-order valence-electron chi connectivity index (χ4n) is 3.03. The van der Waals surface area contributed by atoms with E-state index in [4.69, 9.17) is 0 Å². The number of carbonyl (C=O) groups excluding carboxylic acids is 2. The third-order valence-electron chi connectivity index (χ3n) is 4.30. The normalized spacial score (nSPS) is 11.0. The van der Waals surface area contributed by atoms with Gasteiger partial charge in [-0.3, -0.25) is 15.1 Å². The molecule has 0 saturated heterocycles. The van der Waals surface area contributed by atoms with E-state index in [9.17, 15) is 9.59 Å². The minimum absolute atomic E-state index is 0.131. The lowest BCUT2D eigenvalue weighted by atomic mass is 10.1. The maximum atomic E-state index is 12.8. The van der Waals surface area contributed by atoms with E-state index < -0.39 is 0 Å². The molecular formula is C21H25N7O2. The number of H-pyrrole nitrogens is 1. The number of hydrazone groups is 1. The Morgan fingerprint density at radius 3 is 2.77 bits per heavy atom. The van der Waals surface area contributed by atoms with Gasteiger partial charge in [0.1, 0.15) is 0 Å². The molecule has 0 fully saturated rings.